The van der Waals surface area contributed by atoms with Crippen LogP contribution in [0.2, 0.25) is 0 Å². The van der Waals surface area contributed by atoms with Crippen molar-refractivity contribution in [1.82, 2.24) is 10.2 Å². The number of carbonyl (C=O) groups excluding carboxylic acids is 1. The molecule has 5 N–H and O–H groups in total. The Bertz CT molecular complexity index is 851. The Morgan fingerprint density at radius 1 is 1.29 bits per heavy atom. The number of benzene rings is 1. The molecule has 2 aliphatic rings. The largest absolute Gasteiger partial charge is 0.398 e. The third kappa shape index (κ3) is 4.76. The van der Waals surface area contributed by atoms with Crippen LogP contribution in [-0.2, 0) is 12.8 Å². The maximum atomic E-state index is 15.2. The molecular formula is C20H25F5N4O2. The van der Waals surface area contributed by atoms with Crippen LogP contribution in [0.15, 0.2) is 6.07 Å². The van der Waals surface area contributed by atoms with Crippen LogP contribution < -0.4 is 11.1 Å². The van der Waals surface area contributed by atoms with E-state index in [0.29, 0.717) is 18.4 Å². The second-order valence-electron chi connectivity index (χ2n) is 8.01. The van der Waals surface area contributed by atoms with Crippen LogP contribution in [0.1, 0.15) is 47.6 Å². The molecular weight excluding hydrogens is 423 g/mol. The number of piperidine rings is 1. The number of amides is 2. The summed E-state index contributed by atoms with van der Waals surface area (Å²) in [4.78, 5) is 13.2. The van der Waals surface area contributed by atoms with Gasteiger partial charge in [0.05, 0.1) is 6.42 Å². The molecule has 1 heterocycles. The number of nitrogens with zero attached hydrogens (tertiary/aromatic N) is 1. The van der Waals surface area contributed by atoms with E-state index in [1.807, 2.05) is 0 Å². The molecule has 172 valence electrons. The minimum atomic E-state index is -4.39. The highest BCUT2D eigenvalue weighted by atomic mass is 19.4. The highest BCUT2D eigenvalue weighted by Gasteiger charge is 2.50. The van der Waals surface area contributed by atoms with Gasteiger partial charge in [-0.05, 0) is 42.9 Å². The summed E-state index contributed by atoms with van der Waals surface area (Å²) in [6, 6.07) is 0.946. The number of hydrogen-bond acceptors (Lipinski definition) is 4. The lowest BCUT2D eigenvalue weighted by molar-refractivity contribution is -0.159. The number of aryl methyl sites for hydroxylation is 1. The van der Waals surface area contributed by atoms with Crippen LogP contribution in [0, 0.1) is 11.3 Å². The fourth-order valence-electron chi connectivity index (χ4n) is 4.18. The van der Waals surface area contributed by atoms with Gasteiger partial charge in [-0.3, -0.25) is 0 Å². The zero-order chi connectivity index (χ0) is 23.0. The molecule has 0 aromatic heterocycles. The number of nitrogens with two attached hydrogens (primary N) is 1. The summed E-state index contributed by atoms with van der Waals surface area (Å²) >= 11 is 0. The van der Waals surface area contributed by atoms with Crippen molar-refractivity contribution in [2.75, 3.05) is 25.4 Å². The molecule has 0 radical (unpaired) electrons. The van der Waals surface area contributed by atoms with E-state index in [1.54, 1.807) is 6.07 Å². The Morgan fingerprint density at radius 3 is 2.45 bits per heavy atom. The van der Waals surface area contributed by atoms with Gasteiger partial charge in [0, 0.05) is 48.6 Å². The SMILES string of the molecule is N=Cc1cc2c(c(C(O)C(F)(F)C3CCN(C(=O)NCCC(F)(F)F)CC3)c1N)CC2. The molecule has 1 fully saturated rings. The van der Waals surface area contributed by atoms with E-state index >= 15 is 8.78 Å². The van der Waals surface area contributed by atoms with Crippen LogP contribution in [0.25, 0.3) is 0 Å². The van der Waals surface area contributed by atoms with Gasteiger partial charge in [0.25, 0.3) is 5.92 Å². The number of fused-ring (bicyclic) bond motifs is 1. The summed E-state index contributed by atoms with van der Waals surface area (Å²) in [7, 11) is 0. The van der Waals surface area contributed by atoms with Crippen LogP contribution >= 0.6 is 0 Å². The highest BCUT2D eigenvalue weighted by molar-refractivity contribution is 5.88. The maximum absolute atomic E-state index is 15.2. The number of alkyl halides is 5. The molecule has 11 heteroatoms. The summed E-state index contributed by atoms with van der Waals surface area (Å²) < 4.78 is 67.0. The molecule has 1 atom stereocenters. The average Bonchev–Trinajstić information content (AvgIpc) is 2.69. The van der Waals surface area contributed by atoms with Crippen molar-refractivity contribution >= 4 is 17.9 Å². The Morgan fingerprint density at radius 2 is 1.94 bits per heavy atom. The lowest BCUT2D eigenvalue weighted by Crippen LogP contribution is -2.49. The summed E-state index contributed by atoms with van der Waals surface area (Å²) in [5, 5.41) is 20.2. The monoisotopic (exact) mass is 448 g/mol. The number of nitrogen functional groups attached to an aromatic ring is 1. The summed E-state index contributed by atoms with van der Waals surface area (Å²) in [5.41, 5.74) is 7.60. The van der Waals surface area contributed by atoms with E-state index < -0.39 is 43.1 Å². The summed E-state index contributed by atoms with van der Waals surface area (Å²) in [6.07, 6.45) is -5.75. The van der Waals surface area contributed by atoms with Crippen LogP contribution in [0.5, 0.6) is 0 Å². The topological polar surface area (TPSA) is 102 Å². The standard InChI is InChI=1S/C20H25F5N4O2/c21-19(22,23)5-6-28-18(31)29-7-3-13(4-8-29)20(24,25)17(30)15-14-2-1-11(14)9-12(10-26)16(15)27/h9-10,13,17,26,30H,1-8,27H2,(H,28,31). The van der Waals surface area contributed by atoms with Gasteiger partial charge in [0.15, 0.2) is 0 Å². The first-order valence-electron chi connectivity index (χ1n) is 10.1. The number of anilines is 1. The van der Waals surface area contributed by atoms with Crippen LogP contribution in [0.3, 0.4) is 0 Å². The normalized spacial score (nSPS) is 18.2. The smallest absolute Gasteiger partial charge is 0.390 e. The molecule has 1 saturated heterocycles. The lowest BCUT2D eigenvalue weighted by atomic mass is 9.77. The molecule has 0 spiro atoms. The van der Waals surface area contributed by atoms with Crippen molar-refractivity contribution in [1.29, 1.82) is 5.41 Å². The first-order chi connectivity index (χ1) is 14.5. The van der Waals surface area contributed by atoms with E-state index in [0.717, 1.165) is 11.8 Å². The Kier molecular flexibility index (Phi) is 6.45. The Labute approximate surface area is 176 Å². The van der Waals surface area contributed by atoms with Gasteiger partial charge in [-0.2, -0.15) is 13.2 Å². The van der Waals surface area contributed by atoms with Gasteiger partial charge in [-0.25, -0.2) is 13.6 Å². The number of rotatable bonds is 6. The lowest BCUT2D eigenvalue weighted by Gasteiger charge is -2.39. The van der Waals surface area contributed by atoms with Gasteiger partial charge in [0.1, 0.15) is 6.10 Å². The summed E-state index contributed by atoms with van der Waals surface area (Å²) in [6.45, 7) is -0.692. The third-order valence-corrected chi connectivity index (χ3v) is 6.09. The zero-order valence-electron chi connectivity index (χ0n) is 16.7. The number of likely N-dealkylation sites (tertiary alicyclic amines) is 1. The number of hydrogen-bond donors (Lipinski definition) is 4. The maximum Gasteiger partial charge on any atom is 0.390 e. The highest BCUT2D eigenvalue weighted by Crippen LogP contribution is 2.47. The number of aliphatic hydroxyl groups is 1. The molecule has 0 bridgehead atoms. The number of urea groups is 1. The van der Waals surface area contributed by atoms with E-state index in [9.17, 15) is 23.1 Å². The van der Waals surface area contributed by atoms with Crippen molar-refractivity contribution < 1.29 is 31.9 Å². The van der Waals surface area contributed by atoms with Crippen molar-refractivity contribution in [2.45, 2.75) is 50.3 Å². The predicted molar refractivity (Wildman–Crippen MR) is 104 cm³/mol. The quantitative estimate of drug-likeness (QED) is 0.305. The number of aliphatic hydroxyl groups excluding tert-OH is 1. The van der Waals surface area contributed by atoms with Crippen molar-refractivity contribution in [2.24, 2.45) is 5.92 Å². The minimum absolute atomic E-state index is 0.0258. The van der Waals surface area contributed by atoms with Crippen LogP contribution in [0.4, 0.5) is 32.4 Å². The molecule has 1 aromatic carbocycles. The van der Waals surface area contributed by atoms with E-state index in [2.05, 4.69) is 5.32 Å². The molecule has 6 nitrogen and oxygen atoms in total. The zero-order valence-corrected chi connectivity index (χ0v) is 16.7. The number of nitrogens with one attached hydrogen (secondary N) is 2. The van der Waals surface area contributed by atoms with Gasteiger partial charge in [-0.15, -0.1) is 0 Å². The fraction of sp³-hybridized carbons (Fsp3) is 0.600. The van der Waals surface area contributed by atoms with Crippen molar-refractivity contribution in [3.8, 4) is 0 Å². The molecule has 1 aliphatic carbocycles. The molecule has 2 amide bonds. The Balaban J connectivity index is 1.65. The predicted octanol–water partition coefficient (Wildman–Crippen LogP) is 3.41. The van der Waals surface area contributed by atoms with Gasteiger partial charge in [0.2, 0.25) is 0 Å². The molecule has 1 aliphatic heterocycles. The first kappa shape index (κ1) is 23.2. The minimum Gasteiger partial charge on any atom is -0.398 e. The molecule has 31 heavy (non-hydrogen) atoms. The number of halogens is 5. The third-order valence-electron chi connectivity index (χ3n) is 6.09. The second kappa shape index (κ2) is 8.60. The summed E-state index contributed by atoms with van der Waals surface area (Å²) in [5.74, 6) is -4.74. The van der Waals surface area contributed by atoms with Crippen LogP contribution in [-0.4, -0.2) is 54.0 Å². The first-order valence-corrected chi connectivity index (χ1v) is 10.1. The van der Waals surface area contributed by atoms with E-state index in [1.165, 1.54) is 4.90 Å². The number of carbonyl (C=O) groups is 1. The van der Waals surface area contributed by atoms with Gasteiger partial charge < -0.3 is 26.5 Å². The molecule has 1 aromatic rings. The van der Waals surface area contributed by atoms with E-state index in [-0.39, 0.29) is 42.7 Å². The molecule has 0 saturated carbocycles. The average molecular weight is 448 g/mol. The van der Waals surface area contributed by atoms with Gasteiger partial charge >= 0.3 is 12.2 Å². The van der Waals surface area contributed by atoms with Crippen molar-refractivity contribution in [3.05, 3.63) is 28.3 Å². The van der Waals surface area contributed by atoms with Gasteiger partial charge in [-0.1, -0.05) is 0 Å². The fourth-order valence-corrected chi connectivity index (χ4v) is 4.18. The Hall–Kier alpha value is -2.43. The molecule has 3 rings (SSSR count). The molecule has 1 unspecified atom stereocenters. The second-order valence-corrected chi connectivity index (χ2v) is 8.01. The van der Waals surface area contributed by atoms with E-state index in [4.69, 9.17) is 11.1 Å². The van der Waals surface area contributed by atoms with Crippen molar-refractivity contribution in [3.63, 3.8) is 0 Å².